The quantitative estimate of drug-likeness (QED) is 0.718. The van der Waals surface area contributed by atoms with Gasteiger partial charge >= 0.3 is 0 Å². The maximum atomic E-state index is 11.0. The molecule has 0 aromatic heterocycles. The Morgan fingerprint density at radius 2 is 2.14 bits per heavy atom. The number of hydrogen-bond acceptors (Lipinski definition) is 2. The third-order valence-electron chi connectivity index (χ3n) is 2.00. The number of hydrogen-bond donors (Lipinski definition) is 1. The third-order valence-corrected chi connectivity index (χ3v) is 2.00. The van der Waals surface area contributed by atoms with Gasteiger partial charge in [0.05, 0.1) is 6.61 Å². The topological polar surface area (TPSA) is 52.3 Å². The highest BCUT2D eigenvalue weighted by Crippen LogP contribution is 2.08. The number of carbonyl (C=O) groups excluding carboxylic acids is 1. The maximum absolute atomic E-state index is 11.0. The lowest BCUT2D eigenvalue weighted by Gasteiger charge is -2.05. The van der Waals surface area contributed by atoms with Gasteiger partial charge in [-0.05, 0) is 25.0 Å². The molecule has 0 saturated heterocycles. The van der Waals surface area contributed by atoms with E-state index in [1.807, 2.05) is 25.1 Å². The lowest BCUT2D eigenvalue weighted by atomic mass is 10.0. The molecule has 3 nitrogen and oxygen atoms in total. The predicted molar refractivity (Wildman–Crippen MR) is 55.2 cm³/mol. The molecule has 3 heteroatoms. The molecule has 0 aliphatic heterocycles. The van der Waals surface area contributed by atoms with Crippen molar-refractivity contribution in [2.24, 2.45) is 5.73 Å². The molecule has 0 saturated carbocycles. The van der Waals surface area contributed by atoms with Crippen LogP contribution in [0.25, 0.3) is 0 Å². The zero-order valence-electron chi connectivity index (χ0n) is 8.32. The lowest BCUT2D eigenvalue weighted by molar-refractivity contribution is 0.0998. The first-order valence-electron chi connectivity index (χ1n) is 4.71. The normalized spacial score (nSPS) is 10.1. The van der Waals surface area contributed by atoms with Gasteiger partial charge in [0, 0.05) is 12.2 Å². The number of ether oxygens (including phenoxy) is 1. The summed E-state index contributed by atoms with van der Waals surface area (Å²) in [6.45, 7) is 3.26. The molecule has 1 amide bonds. The molecule has 1 rings (SSSR count). The summed E-state index contributed by atoms with van der Waals surface area (Å²) in [6.07, 6.45) is 0.729. The van der Waals surface area contributed by atoms with Crippen LogP contribution in [-0.2, 0) is 11.2 Å². The predicted octanol–water partition coefficient (Wildman–Crippen LogP) is 1.36. The largest absolute Gasteiger partial charge is 0.381 e. The van der Waals surface area contributed by atoms with Gasteiger partial charge in [-0.3, -0.25) is 4.79 Å². The van der Waals surface area contributed by atoms with E-state index < -0.39 is 0 Å². The number of amides is 1. The Kier molecular flexibility index (Phi) is 4.13. The minimum absolute atomic E-state index is 0.378. The van der Waals surface area contributed by atoms with Crippen molar-refractivity contribution in [1.82, 2.24) is 0 Å². The third kappa shape index (κ3) is 2.85. The summed E-state index contributed by atoms with van der Waals surface area (Å²) >= 11 is 0. The summed E-state index contributed by atoms with van der Waals surface area (Å²) in [5, 5.41) is 0. The van der Waals surface area contributed by atoms with Gasteiger partial charge in [0.15, 0.2) is 0 Å². The summed E-state index contributed by atoms with van der Waals surface area (Å²) in [7, 11) is 0. The zero-order valence-corrected chi connectivity index (χ0v) is 8.32. The summed E-state index contributed by atoms with van der Waals surface area (Å²) in [5.74, 6) is -0.378. The fourth-order valence-electron chi connectivity index (χ4n) is 1.31. The molecular formula is C11H15NO2. The summed E-state index contributed by atoms with van der Waals surface area (Å²) < 4.78 is 5.22. The monoisotopic (exact) mass is 193 g/mol. The fourth-order valence-corrected chi connectivity index (χ4v) is 1.31. The first-order chi connectivity index (χ1) is 6.75. The summed E-state index contributed by atoms with van der Waals surface area (Å²) in [6, 6.07) is 7.35. The van der Waals surface area contributed by atoms with Crippen LogP contribution in [0.3, 0.4) is 0 Å². The van der Waals surface area contributed by atoms with E-state index in [2.05, 4.69) is 0 Å². The molecule has 0 unspecified atom stereocenters. The van der Waals surface area contributed by atoms with E-state index in [4.69, 9.17) is 10.5 Å². The molecule has 1 aromatic carbocycles. The molecule has 2 N–H and O–H groups in total. The Morgan fingerprint density at radius 1 is 1.43 bits per heavy atom. The second-order valence-corrected chi connectivity index (χ2v) is 2.97. The van der Waals surface area contributed by atoms with Crippen molar-refractivity contribution in [3.63, 3.8) is 0 Å². The van der Waals surface area contributed by atoms with Crippen LogP contribution in [-0.4, -0.2) is 19.1 Å². The minimum atomic E-state index is -0.378. The highest BCUT2D eigenvalue weighted by atomic mass is 16.5. The van der Waals surface area contributed by atoms with Gasteiger partial charge in [-0.1, -0.05) is 18.2 Å². The van der Waals surface area contributed by atoms with Gasteiger partial charge < -0.3 is 10.5 Å². The van der Waals surface area contributed by atoms with E-state index in [0.717, 1.165) is 12.0 Å². The number of rotatable bonds is 5. The van der Waals surface area contributed by atoms with Crippen LogP contribution in [0.4, 0.5) is 0 Å². The Hall–Kier alpha value is -1.35. The second-order valence-electron chi connectivity index (χ2n) is 2.97. The Morgan fingerprint density at radius 3 is 2.79 bits per heavy atom. The van der Waals surface area contributed by atoms with E-state index in [9.17, 15) is 4.79 Å². The average molecular weight is 193 g/mol. The Bertz CT molecular complexity index is 310. The van der Waals surface area contributed by atoms with Crippen molar-refractivity contribution < 1.29 is 9.53 Å². The molecule has 1 aromatic rings. The van der Waals surface area contributed by atoms with Gasteiger partial charge in [-0.15, -0.1) is 0 Å². The second kappa shape index (κ2) is 5.40. The first kappa shape index (κ1) is 10.7. The molecule has 0 aliphatic rings. The van der Waals surface area contributed by atoms with Gasteiger partial charge in [-0.2, -0.15) is 0 Å². The molecule has 0 fully saturated rings. The van der Waals surface area contributed by atoms with E-state index in [-0.39, 0.29) is 5.91 Å². The van der Waals surface area contributed by atoms with Crippen LogP contribution in [0, 0.1) is 0 Å². The van der Waals surface area contributed by atoms with E-state index in [0.29, 0.717) is 18.8 Å². The van der Waals surface area contributed by atoms with Crippen LogP contribution in [0.1, 0.15) is 22.8 Å². The molecule has 0 heterocycles. The molecule has 14 heavy (non-hydrogen) atoms. The van der Waals surface area contributed by atoms with Crippen LogP contribution in [0.15, 0.2) is 24.3 Å². The van der Waals surface area contributed by atoms with Gasteiger partial charge in [0.25, 0.3) is 0 Å². The fraction of sp³-hybridized carbons (Fsp3) is 0.364. The molecule has 0 bridgehead atoms. The Labute approximate surface area is 83.9 Å². The van der Waals surface area contributed by atoms with Crippen molar-refractivity contribution >= 4 is 5.91 Å². The van der Waals surface area contributed by atoms with Crippen LogP contribution >= 0.6 is 0 Å². The van der Waals surface area contributed by atoms with E-state index in [1.54, 1.807) is 6.07 Å². The smallest absolute Gasteiger partial charge is 0.248 e. The minimum Gasteiger partial charge on any atom is -0.381 e. The first-order valence-corrected chi connectivity index (χ1v) is 4.71. The van der Waals surface area contributed by atoms with E-state index in [1.165, 1.54) is 0 Å². The molecule has 0 aliphatic carbocycles. The van der Waals surface area contributed by atoms with Gasteiger partial charge in [-0.25, -0.2) is 0 Å². The maximum Gasteiger partial charge on any atom is 0.248 e. The molecule has 0 atom stereocenters. The highest BCUT2D eigenvalue weighted by Gasteiger charge is 2.05. The molecule has 76 valence electrons. The van der Waals surface area contributed by atoms with Crippen LogP contribution < -0.4 is 5.73 Å². The molecular weight excluding hydrogens is 178 g/mol. The van der Waals surface area contributed by atoms with Gasteiger partial charge in [0.1, 0.15) is 0 Å². The number of carbonyl (C=O) groups is 1. The summed E-state index contributed by atoms with van der Waals surface area (Å²) in [4.78, 5) is 11.0. The zero-order chi connectivity index (χ0) is 10.4. The van der Waals surface area contributed by atoms with Crippen molar-refractivity contribution in [3.05, 3.63) is 35.4 Å². The molecule has 0 spiro atoms. The Balaban J connectivity index is 2.69. The van der Waals surface area contributed by atoms with Crippen molar-refractivity contribution in [1.29, 1.82) is 0 Å². The lowest BCUT2D eigenvalue weighted by Crippen LogP contribution is -2.14. The summed E-state index contributed by atoms with van der Waals surface area (Å²) in [5.41, 5.74) is 6.78. The van der Waals surface area contributed by atoms with Crippen LogP contribution in [0.2, 0.25) is 0 Å². The SMILES string of the molecule is CCOCCc1ccccc1C(N)=O. The van der Waals surface area contributed by atoms with Crippen molar-refractivity contribution in [3.8, 4) is 0 Å². The number of benzene rings is 1. The number of primary amides is 1. The highest BCUT2D eigenvalue weighted by molar-refractivity contribution is 5.94. The van der Waals surface area contributed by atoms with E-state index >= 15 is 0 Å². The van der Waals surface area contributed by atoms with Crippen molar-refractivity contribution in [2.75, 3.05) is 13.2 Å². The standard InChI is InChI=1S/C11H15NO2/c1-2-14-8-7-9-5-3-4-6-10(9)11(12)13/h3-6H,2,7-8H2,1H3,(H2,12,13). The average Bonchev–Trinajstić information content (AvgIpc) is 2.19. The molecule has 0 radical (unpaired) electrons. The number of nitrogens with two attached hydrogens (primary N) is 1. The van der Waals surface area contributed by atoms with Gasteiger partial charge in [0.2, 0.25) is 5.91 Å². The van der Waals surface area contributed by atoms with Crippen molar-refractivity contribution in [2.45, 2.75) is 13.3 Å². The van der Waals surface area contributed by atoms with Crippen LogP contribution in [0.5, 0.6) is 0 Å².